The summed E-state index contributed by atoms with van der Waals surface area (Å²) in [5.41, 5.74) is 4.70. The molecule has 1 N–H and O–H groups in total. The van der Waals surface area contributed by atoms with Gasteiger partial charge in [-0.15, -0.1) is 0 Å². The van der Waals surface area contributed by atoms with E-state index in [1.807, 2.05) is 6.92 Å². The first-order valence-corrected chi connectivity index (χ1v) is 10.8. The lowest BCUT2D eigenvalue weighted by atomic mass is 9.46. The average molecular weight is 373 g/mol. The van der Waals surface area contributed by atoms with E-state index >= 15 is 0 Å². The van der Waals surface area contributed by atoms with Crippen LogP contribution in [0.25, 0.3) is 0 Å². The van der Waals surface area contributed by atoms with E-state index in [0.29, 0.717) is 22.7 Å². The highest BCUT2D eigenvalue weighted by atomic mass is 16.4. The topological polar surface area (TPSA) is 37.3 Å². The van der Waals surface area contributed by atoms with Gasteiger partial charge in [-0.05, 0) is 102 Å². The Hall–Kier alpha value is -1.31. The van der Waals surface area contributed by atoms with Crippen LogP contribution in [-0.2, 0) is 4.79 Å². The van der Waals surface area contributed by atoms with Crippen LogP contribution in [0.3, 0.4) is 0 Å². The van der Waals surface area contributed by atoms with Crippen LogP contribution in [-0.4, -0.2) is 11.1 Å². The predicted molar refractivity (Wildman–Crippen MR) is 115 cm³/mol. The Morgan fingerprint density at radius 2 is 1.96 bits per heavy atom. The molecular formula is C25H40O2. The maximum Gasteiger partial charge on any atom is 0.328 e. The lowest BCUT2D eigenvalue weighted by molar-refractivity contribution is -0.131. The molecule has 1 saturated carbocycles. The standard InChI is InChI=1S/C25H40O2/c1-18(2)9-7-14-24(5)16-13-21-20(4)10-8-15-25(21,6)22(24)12-11-19(3)17-23(26)27/h9-10,17,21-22H,7-8,11-16H2,1-6H3,(H,26,27)/b19-17+/t21-,22-,24+,25+/m1/s1. The van der Waals surface area contributed by atoms with Crippen LogP contribution in [0.5, 0.6) is 0 Å². The molecular weight excluding hydrogens is 332 g/mol. The van der Waals surface area contributed by atoms with Crippen molar-refractivity contribution in [3.63, 3.8) is 0 Å². The zero-order chi connectivity index (χ0) is 20.2. The van der Waals surface area contributed by atoms with Crippen molar-refractivity contribution in [2.45, 2.75) is 92.9 Å². The van der Waals surface area contributed by atoms with Crippen LogP contribution in [0, 0.1) is 22.7 Å². The van der Waals surface area contributed by atoms with Crippen LogP contribution >= 0.6 is 0 Å². The summed E-state index contributed by atoms with van der Waals surface area (Å²) >= 11 is 0. The maximum absolute atomic E-state index is 11.0. The molecule has 0 aromatic heterocycles. The van der Waals surface area contributed by atoms with Gasteiger partial charge in [0.1, 0.15) is 0 Å². The number of allylic oxidation sites excluding steroid dienone is 5. The van der Waals surface area contributed by atoms with Crippen LogP contribution < -0.4 is 0 Å². The fourth-order valence-corrected chi connectivity index (χ4v) is 6.19. The lowest BCUT2D eigenvalue weighted by Crippen LogP contribution is -2.50. The van der Waals surface area contributed by atoms with E-state index in [2.05, 4.69) is 46.8 Å². The number of carboxylic acids is 1. The van der Waals surface area contributed by atoms with Gasteiger partial charge >= 0.3 is 5.97 Å². The van der Waals surface area contributed by atoms with Gasteiger partial charge in [-0.1, -0.05) is 42.7 Å². The molecule has 27 heavy (non-hydrogen) atoms. The lowest BCUT2D eigenvalue weighted by Gasteiger charge is -2.58. The third-order valence-corrected chi connectivity index (χ3v) is 7.60. The molecule has 0 bridgehead atoms. The molecule has 2 aliphatic rings. The van der Waals surface area contributed by atoms with Crippen molar-refractivity contribution in [1.82, 2.24) is 0 Å². The van der Waals surface area contributed by atoms with Crippen molar-refractivity contribution in [1.29, 1.82) is 0 Å². The fourth-order valence-electron chi connectivity index (χ4n) is 6.19. The normalized spacial score (nSPS) is 33.9. The maximum atomic E-state index is 11.0. The fraction of sp³-hybridized carbons (Fsp3) is 0.720. The van der Waals surface area contributed by atoms with Crippen LogP contribution in [0.15, 0.2) is 34.9 Å². The minimum Gasteiger partial charge on any atom is -0.478 e. The van der Waals surface area contributed by atoms with Gasteiger partial charge in [0.2, 0.25) is 0 Å². The van der Waals surface area contributed by atoms with Gasteiger partial charge in [-0.3, -0.25) is 0 Å². The molecule has 0 saturated heterocycles. The van der Waals surface area contributed by atoms with Gasteiger partial charge in [0.15, 0.2) is 0 Å². The summed E-state index contributed by atoms with van der Waals surface area (Å²) in [5.74, 6) is 0.537. The molecule has 0 heterocycles. The zero-order valence-electron chi connectivity index (χ0n) is 18.4. The number of rotatable bonds is 7. The quantitative estimate of drug-likeness (QED) is 0.375. The zero-order valence-corrected chi connectivity index (χ0v) is 18.4. The summed E-state index contributed by atoms with van der Waals surface area (Å²) in [4.78, 5) is 11.0. The monoisotopic (exact) mass is 372 g/mol. The summed E-state index contributed by atoms with van der Waals surface area (Å²) in [7, 11) is 0. The molecule has 2 rings (SSSR count). The van der Waals surface area contributed by atoms with Gasteiger partial charge < -0.3 is 5.11 Å². The summed E-state index contributed by atoms with van der Waals surface area (Å²) < 4.78 is 0. The molecule has 0 radical (unpaired) electrons. The Morgan fingerprint density at radius 1 is 1.26 bits per heavy atom. The van der Waals surface area contributed by atoms with Gasteiger partial charge in [-0.2, -0.15) is 0 Å². The number of carbonyl (C=O) groups is 1. The second kappa shape index (κ2) is 8.80. The minimum atomic E-state index is -0.817. The Bertz CT molecular complexity index is 635. The molecule has 0 amide bonds. The second-order valence-corrected chi connectivity index (χ2v) is 9.98. The number of hydrogen-bond donors (Lipinski definition) is 1. The first-order chi connectivity index (χ1) is 12.6. The van der Waals surface area contributed by atoms with E-state index in [4.69, 9.17) is 5.11 Å². The summed E-state index contributed by atoms with van der Waals surface area (Å²) in [6.45, 7) is 13.7. The smallest absolute Gasteiger partial charge is 0.328 e. The van der Waals surface area contributed by atoms with Crippen molar-refractivity contribution in [2.75, 3.05) is 0 Å². The molecule has 0 aromatic carbocycles. The average Bonchev–Trinajstić information content (AvgIpc) is 2.52. The third-order valence-electron chi connectivity index (χ3n) is 7.60. The van der Waals surface area contributed by atoms with Gasteiger partial charge in [0.05, 0.1) is 0 Å². The summed E-state index contributed by atoms with van der Waals surface area (Å²) in [6.07, 6.45) is 15.7. The van der Waals surface area contributed by atoms with Crippen LogP contribution in [0.4, 0.5) is 0 Å². The molecule has 4 atom stereocenters. The SMILES string of the molecule is CC(C)=CCC[C@@]1(C)CC[C@@H]2C(C)=CCC[C@]2(C)[C@@H]1CC/C(C)=C/C(=O)O. The van der Waals surface area contributed by atoms with E-state index < -0.39 is 5.97 Å². The molecule has 2 nitrogen and oxygen atoms in total. The van der Waals surface area contributed by atoms with E-state index in [0.717, 1.165) is 24.8 Å². The third kappa shape index (κ3) is 5.15. The molecule has 0 aromatic rings. The van der Waals surface area contributed by atoms with Gasteiger partial charge in [-0.25, -0.2) is 4.79 Å². The Morgan fingerprint density at radius 3 is 2.59 bits per heavy atom. The van der Waals surface area contributed by atoms with Gasteiger partial charge in [0, 0.05) is 6.08 Å². The number of hydrogen-bond acceptors (Lipinski definition) is 1. The van der Waals surface area contributed by atoms with Crippen molar-refractivity contribution in [3.05, 3.63) is 34.9 Å². The van der Waals surface area contributed by atoms with E-state index in [1.54, 1.807) is 5.57 Å². The molecule has 0 spiro atoms. The van der Waals surface area contributed by atoms with Gasteiger partial charge in [0.25, 0.3) is 0 Å². The number of fused-ring (bicyclic) bond motifs is 1. The molecule has 1 fully saturated rings. The predicted octanol–water partition coefficient (Wildman–Crippen LogP) is 7.32. The molecule has 152 valence electrons. The Labute approximate surface area is 166 Å². The van der Waals surface area contributed by atoms with Crippen molar-refractivity contribution in [2.24, 2.45) is 22.7 Å². The molecule has 0 aliphatic heterocycles. The second-order valence-electron chi connectivity index (χ2n) is 9.98. The highest BCUT2D eigenvalue weighted by Gasteiger charge is 2.53. The number of aliphatic carboxylic acids is 1. The Balaban J connectivity index is 2.28. The number of carboxylic acid groups (broad SMARTS) is 1. The van der Waals surface area contributed by atoms with Crippen molar-refractivity contribution in [3.8, 4) is 0 Å². The summed E-state index contributed by atoms with van der Waals surface area (Å²) in [5, 5.41) is 9.07. The first kappa shape index (κ1) is 22.0. The highest BCUT2D eigenvalue weighted by molar-refractivity contribution is 5.80. The highest BCUT2D eigenvalue weighted by Crippen LogP contribution is 2.62. The minimum absolute atomic E-state index is 0.346. The Kier molecular flexibility index (Phi) is 7.16. The molecule has 0 unspecified atom stereocenters. The largest absolute Gasteiger partial charge is 0.478 e. The van der Waals surface area contributed by atoms with Crippen molar-refractivity contribution < 1.29 is 9.90 Å². The summed E-state index contributed by atoms with van der Waals surface area (Å²) in [6, 6.07) is 0. The van der Waals surface area contributed by atoms with E-state index in [1.165, 1.54) is 43.8 Å². The van der Waals surface area contributed by atoms with E-state index in [-0.39, 0.29) is 0 Å². The van der Waals surface area contributed by atoms with Crippen LogP contribution in [0.2, 0.25) is 0 Å². The van der Waals surface area contributed by atoms with Crippen molar-refractivity contribution >= 4 is 5.97 Å². The van der Waals surface area contributed by atoms with E-state index in [9.17, 15) is 4.79 Å². The molecule has 2 aliphatic carbocycles. The molecule has 2 heteroatoms. The first-order valence-electron chi connectivity index (χ1n) is 10.8. The van der Waals surface area contributed by atoms with Crippen LogP contribution in [0.1, 0.15) is 92.9 Å².